The Morgan fingerprint density at radius 3 is 2.60 bits per heavy atom. The number of carbonyl (C=O) groups is 1. The van der Waals surface area contributed by atoms with Gasteiger partial charge < -0.3 is 11.1 Å². The van der Waals surface area contributed by atoms with E-state index in [1.54, 1.807) is 0 Å². The minimum Gasteiger partial charge on any atom is -0.368 e. The zero-order chi connectivity index (χ0) is 14.4. The highest BCUT2D eigenvalue weighted by Gasteiger charge is 2.48. The van der Waals surface area contributed by atoms with Crippen molar-refractivity contribution in [1.82, 2.24) is 10.2 Å². The van der Waals surface area contributed by atoms with Crippen molar-refractivity contribution in [3.63, 3.8) is 0 Å². The topological polar surface area (TPSA) is 58.4 Å². The third kappa shape index (κ3) is 2.86. The lowest BCUT2D eigenvalue weighted by Gasteiger charge is -2.41. The number of piperidine rings is 1. The highest BCUT2D eigenvalue weighted by Crippen LogP contribution is 2.39. The second-order valence-corrected chi connectivity index (χ2v) is 8.00. The largest absolute Gasteiger partial charge is 0.368 e. The zero-order valence-corrected chi connectivity index (χ0v) is 13.0. The minimum absolute atomic E-state index is 0.136. The van der Waals surface area contributed by atoms with E-state index in [0.717, 1.165) is 25.8 Å². The van der Waals surface area contributed by atoms with Crippen LogP contribution in [0.3, 0.4) is 0 Å². The van der Waals surface area contributed by atoms with Gasteiger partial charge in [0.15, 0.2) is 0 Å². The molecular weight excluding hydrogens is 250 g/mol. The molecule has 2 saturated carbocycles. The molecule has 0 radical (unpaired) electrons. The van der Waals surface area contributed by atoms with Gasteiger partial charge in [-0.15, -0.1) is 0 Å². The lowest BCUT2D eigenvalue weighted by atomic mass is 9.83. The Morgan fingerprint density at radius 2 is 2.00 bits per heavy atom. The fourth-order valence-corrected chi connectivity index (χ4v) is 4.16. The average molecular weight is 279 g/mol. The Bertz CT molecular complexity index is 391. The van der Waals surface area contributed by atoms with Crippen LogP contribution < -0.4 is 11.1 Å². The predicted octanol–water partition coefficient (Wildman–Crippen LogP) is 1.64. The summed E-state index contributed by atoms with van der Waals surface area (Å²) < 4.78 is 0. The summed E-state index contributed by atoms with van der Waals surface area (Å²) in [5, 5.41) is 3.55. The van der Waals surface area contributed by atoms with Crippen LogP contribution >= 0.6 is 0 Å². The first kappa shape index (κ1) is 14.3. The summed E-state index contributed by atoms with van der Waals surface area (Å²) in [5.74, 6) is -0.136. The van der Waals surface area contributed by atoms with Crippen LogP contribution in [-0.2, 0) is 4.79 Å². The van der Waals surface area contributed by atoms with Crippen LogP contribution in [0, 0.1) is 5.41 Å². The number of nitrogens with two attached hydrogens (primary N) is 1. The van der Waals surface area contributed by atoms with E-state index in [1.807, 2.05) is 0 Å². The highest BCUT2D eigenvalue weighted by atomic mass is 16.1. The van der Waals surface area contributed by atoms with Crippen LogP contribution in [0.2, 0.25) is 0 Å². The number of carbonyl (C=O) groups excluding carboxylic acids is 1. The Kier molecular flexibility index (Phi) is 3.57. The second-order valence-electron chi connectivity index (χ2n) is 8.00. The zero-order valence-electron chi connectivity index (χ0n) is 13.0. The molecule has 1 saturated heterocycles. The van der Waals surface area contributed by atoms with Crippen molar-refractivity contribution in [2.45, 2.75) is 76.4 Å². The van der Waals surface area contributed by atoms with Crippen molar-refractivity contribution in [2.24, 2.45) is 11.1 Å². The molecule has 20 heavy (non-hydrogen) atoms. The molecular formula is C16H29N3O. The van der Waals surface area contributed by atoms with Crippen molar-refractivity contribution in [3.05, 3.63) is 0 Å². The quantitative estimate of drug-likeness (QED) is 0.822. The van der Waals surface area contributed by atoms with E-state index in [0.29, 0.717) is 17.5 Å². The molecule has 2 aliphatic carbocycles. The van der Waals surface area contributed by atoms with Crippen LogP contribution in [0.25, 0.3) is 0 Å². The molecule has 0 aromatic heterocycles. The van der Waals surface area contributed by atoms with Gasteiger partial charge in [0.1, 0.15) is 0 Å². The summed E-state index contributed by atoms with van der Waals surface area (Å²) in [7, 11) is 0. The van der Waals surface area contributed by atoms with Gasteiger partial charge in [0.25, 0.3) is 0 Å². The number of nitrogens with one attached hydrogen (secondary N) is 1. The van der Waals surface area contributed by atoms with Gasteiger partial charge >= 0.3 is 0 Å². The lowest BCUT2D eigenvalue weighted by Crippen LogP contribution is -2.56. The van der Waals surface area contributed by atoms with Crippen molar-refractivity contribution in [3.8, 4) is 0 Å². The fraction of sp³-hybridized carbons (Fsp3) is 0.938. The van der Waals surface area contributed by atoms with E-state index < -0.39 is 5.54 Å². The van der Waals surface area contributed by atoms with Crippen LogP contribution in [0.5, 0.6) is 0 Å². The first-order chi connectivity index (χ1) is 9.40. The summed E-state index contributed by atoms with van der Waals surface area (Å²) in [5.41, 5.74) is 5.73. The molecule has 114 valence electrons. The molecule has 0 spiro atoms. The molecule has 3 fully saturated rings. The van der Waals surface area contributed by atoms with Crippen LogP contribution in [0.1, 0.15) is 58.8 Å². The number of rotatable bonds is 4. The van der Waals surface area contributed by atoms with Crippen molar-refractivity contribution < 1.29 is 4.79 Å². The summed E-state index contributed by atoms with van der Waals surface area (Å²) in [6.45, 7) is 7.07. The summed E-state index contributed by atoms with van der Waals surface area (Å²) in [4.78, 5) is 14.6. The van der Waals surface area contributed by atoms with Gasteiger partial charge in [-0.2, -0.15) is 0 Å². The molecule has 2 atom stereocenters. The summed E-state index contributed by atoms with van der Waals surface area (Å²) in [6.07, 6.45) is 7.95. The van der Waals surface area contributed by atoms with E-state index in [1.165, 1.54) is 32.2 Å². The molecule has 1 aliphatic heterocycles. The molecule has 2 unspecified atom stereocenters. The Hall–Kier alpha value is -0.610. The van der Waals surface area contributed by atoms with Gasteiger partial charge in [-0.1, -0.05) is 13.8 Å². The molecule has 3 aliphatic rings. The number of amides is 1. The van der Waals surface area contributed by atoms with E-state index in [4.69, 9.17) is 5.73 Å². The molecule has 4 nitrogen and oxygen atoms in total. The number of hydrogen-bond acceptors (Lipinski definition) is 3. The molecule has 0 bridgehead atoms. The van der Waals surface area contributed by atoms with Gasteiger partial charge in [0, 0.05) is 18.6 Å². The predicted molar refractivity (Wildman–Crippen MR) is 80.3 cm³/mol. The van der Waals surface area contributed by atoms with E-state index >= 15 is 0 Å². The van der Waals surface area contributed by atoms with Crippen LogP contribution in [-0.4, -0.2) is 41.5 Å². The van der Waals surface area contributed by atoms with Crippen LogP contribution in [0.15, 0.2) is 0 Å². The normalized spacial score (nSPS) is 38.0. The fourth-order valence-electron chi connectivity index (χ4n) is 4.16. The average Bonchev–Trinajstić information content (AvgIpc) is 3.04. The molecule has 0 aromatic carbocycles. The highest BCUT2D eigenvalue weighted by molar-refractivity contribution is 5.85. The lowest BCUT2D eigenvalue weighted by molar-refractivity contribution is -0.124. The second kappa shape index (κ2) is 4.99. The van der Waals surface area contributed by atoms with Gasteiger partial charge in [0.05, 0.1) is 5.54 Å². The van der Waals surface area contributed by atoms with Gasteiger partial charge in [-0.3, -0.25) is 9.69 Å². The van der Waals surface area contributed by atoms with Crippen molar-refractivity contribution in [2.75, 3.05) is 13.1 Å². The summed E-state index contributed by atoms with van der Waals surface area (Å²) >= 11 is 0. The molecule has 0 aromatic rings. The number of hydrogen-bond donors (Lipinski definition) is 2. The monoisotopic (exact) mass is 279 g/mol. The molecule has 3 rings (SSSR count). The van der Waals surface area contributed by atoms with E-state index in [-0.39, 0.29) is 5.91 Å². The minimum atomic E-state index is -0.423. The Balaban J connectivity index is 1.66. The van der Waals surface area contributed by atoms with Crippen molar-refractivity contribution in [1.29, 1.82) is 0 Å². The van der Waals surface area contributed by atoms with Gasteiger partial charge in [-0.05, 0) is 56.9 Å². The maximum absolute atomic E-state index is 12.0. The van der Waals surface area contributed by atoms with E-state index in [2.05, 4.69) is 24.1 Å². The molecule has 4 heteroatoms. The van der Waals surface area contributed by atoms with Gasteiger partial charge in [0.2, 0.25) is 5.91 Å². The third-order valence-electron chi connectivity index (χ3n) is 5.46. The summed E-state index contributed by atoms with van der Waals surface area (Å²) in [6, 6.07) is 1.08. The maximum atomic E-state index is 12.0. The first-order valence-corrected chi connectivity index (χ1v) is 8.22. The first-order valence-electron chi connectivity index (χ1n) is 8.22. The number of likely N-dealkylation sites (tertiary alicyclic amines) is 1. The Labute approximate surface area is 122 Å². The standard InChI is InChI=1S/C16H29N3O/c1-15(2)7-3-9-19(11-15)13-6-8-16(10-13,14(17)20)18-12-4-5-12/h12-13,18H,3-11H2,1-2H3,(H2,17,20). The maximum Gasteiger partial charge on any atom is 0.237 e. The molecule has 1 amide bonds. The van der Waals surface area contributed by atoms with Crippen molar-refractivity contribution >= 4 is 5.91 Å². The molecule has 1 heterocycles. The SMILES string of the molecule is CC1(C)CCCN(C2CCC(NC3CC3)(C(N)=O)C2)C1. The van der Waals surface area contributed by atoms with Gasteiger partial charge in [-0.25, -0.2) is 0 Å². The number of primary amides is 1. The Morgan fingerprint density at radius 1 is 1.25 bits per heavy atom. The third-order valence-corrected chi connectivity index (χ3v) is 5.46. The van der Waals surface area contributed by atoms with Crippen LogP contribution in [0.4, 0.5) is 0 Å². The molecule has 3 N–H and O–H groups in total. The number of nitrogens with zero attached hydrogens (tertiary/aromatic N) is 1. The smallest absolute Gasteiger partial charge is 0.237 e. The van der Waals surface area contributed by atoms with E-state index in [9.17, 15) is 4.79 Å².